The first-order chi connectivity index (χ1) is 11.0. The van der Waals surface area contributed by atoms with Gasteiger partial charge in [-0.25, -0.2) is 13.4 Å². The minimum absolute atomic E-state index is 0.0578. The third kappa shape index (κ3) is 3.01. The summed E-state index contributed by atoms with van der Waals surface area (Å²) in [5.41, 5.74) is 1.73. The average molecular weight is 349 g/mol. The Morgan fingerprint density at radius 2 is 1.74 bits per heavy atom. The topological polar surface area (TPSA) is 90.2 Å². The number of thiol groups is 1. The van der Waals surface area contributed by atoms with Gasteiger partial charge in [0, 0.05) is 23.1 Å². The zero-order valence-electron chi connectivity index (χ0n) is 11.5. The van der Waals surface area contributed by atoms with Gasteiger partial charge in [-0.1, -0.05) is 23.7 Å². The molecule has 0 bridgehead atoms. The van der Waals surface area contributed by atoms with Crippen LogP contribution in [0.3, 0.4) is 0 Å². The maximum Gasteiger partial charge on any atom is 0.270 e. The molecule has 0 aliphatic carbocycles. The van der Waals surface area contributed by atoms with Crippen LogP contribution in [0.2, 0.25) is 5.02 Å². The molecule has 0 saturated carbocycles. The molecule has 0 aliphatic rings. The van der Waals surface area contributed by atoms with Crippen molar-refractivity contribution in [3.8, 4) is 11.3 Å². The second-order valence-corrected chi connectivity index (χ2v) is 6.19. The highest BCUT2D eigenvalue weighted by molar-refractivity contribution is 7.72. The van der Waals surface area contributed by atoms with E-state index in [1.165, 1.54) is 30.3 Å². The van der Waals surface area contributed by atoms with Gasteiger partial charge in [0.2, 0.25) is 0 Å². The Morgan fingerprint density at radius 1 is 1.04 bits per heavy atom. The number of benzene rings is 2. The summed E-state index contributed by atoms with van der Waals surface area (Å²) < 4.78 is 21.8. The minimum Gasteiger partial charge on any atom is -0.258 e. The number of halogens is 1. The van der Waals surface area contributed by atoms with Crippen molar-refractivity contribution in [3.05, 3.63) is 63.7 Å². The molecule has 0 N–H and O–H groups in total. The van der Waals surface area contributed by atoms with Gasteiger partial charge in [0.1, 0.15) is 0 Å². The molecule has 0 unspecified atom stereocenters. The lowest BCUT2D eigenvalue weighted by Gasteiger charge is -2.06. The van der Waals surface area contributed by atoms with E-state index in [2.05, 4.69) is 4.98 Å². The number of nitrogens with zero attached hydrogens (tertiary/aromatic N) is 2. The highest BCUT2D eigenvalue weighted by Crippen LogP contribution is 2.30. The fourth-order valence-corrected chi connectivity index (χ4v) is 2.84. The van der Waals surface area contributed by atoms with Gasteiger partial charge in [0.15, 0.2) is 10.7 Å². The predicted octanol–water partition coefficient (Wildman–Crippen LogP) is 3.43. The summed E-state index contributed by atoms with van der Waals surface area (Å²) in [7, 11) is -2.63. The number of fused-ring (bicyclic) bond motifs is 1. The minimum atomic E-state index is -2.63. The molecular formula is C15H9ClN2O4S. The van der Waals surface area contributed by atoms with Crippen LogP contribution in [0.4, 0.5) is 5.69 Å². The monoisotopic (exact) mass is 348 g/mol. The Hall–Kier alpha value is -2.51. The molecule has 6 nitrogen and oxygen atoms in total. The summed E-state index contributed by atoms with van der Waals surface area (Å²) in [5, 5.41) is 11.7. The van der Waals surface area contributed by atoms with E-state index < -0.39 is 15.6 Å². The van der Waals surface area contributed by atoms with Gasteiger partial charge in [-0.15, -0.1) is 0 Å². The summed E-state index contributed by atoms with van der Waals surface area (Å²) in [6.45, 7) is 0. The number of aromatic nitrogens is 1. The number of rotatable bonds is 3. The van der Waals surface area contributed by atoms with E-state index in [0.29, 0.717) is 27.2 Å². The third-order valence-corrected chi connectivity index (χ3v) is 4.36. The van der Waals surface area contributed by atoms with E-state index >= 15 is 0 Å². The molecule has 3 aromatic rings. The Bertz CT molecular complexity index is 992. The molecule has 0 atom stereocenters. The molecule has 0 radical (unpaired) electrons. The van der Waals surface area contributed by atoms with Crippen molar-refractivity contribution in [2.75, 3.05) is 0 Å². The number of nitro groups is 1. The lowest BCUT2D eigenvalue weighted by molar-refractivity contribution is -0.384. The van der Waals surface area contributed by atoms with E-state index in [9.17, 15) is 18.5 Å². The number of hydrogen-bond donors (Lipinski definition) is 1. The molecule has 0 fully saturated rings. The van der Waals surface area contributed by atoms with Crippen LogP contribution in [0.5, 0.6) is 0 Å². The standard InChI is InChI=1S/C15H9ClN2O4S/c16-13-8-15(9-1-4-11(5-2-9)23(21)22)17-14-6-3-10(18(19)20)7-12(13)14/h1-8,23H. The SMILES string of the molecule is O=[N+]([O-])c1ccc2nc(-c3ccc([SH](=O)=O)cc3)cc(Cl)c2c1. The second kappa shape index (κ2) is 5.94. The van der Waals surface area contributed by atoms with Crippen LogP contribution in [0.25, 0.3) is 22.2 Å². The Kier molecular flexibility index (Phi) is 3.97. The summed E-state index contributed by atoms with van der Waals surface area (Å²) in [4.78, 5) is 15.0. The maximum absolute atomic E-state index is 10.9. The van der Waals surface area contributed by atoms with Crippen molar-refractivity contribution in [1.82, 2.24) is 4.98 Å². The summed E-state index contributed by atoms with van der Waals surface area (Å²) >= 11 is 6.21. The van der Waals surface area contributed by atoms with E-state index in [1.54, 1.807) is 18.2 Å². The quantitative estimate of drug-likeness (QED) is 0.445. The lowest BCUT2D eigenvalue weighted by atomic mass is 10.1. The highest BCUT2D eigenvalue weighted by Gasteiger charge is 2.11. The van der Waals surface area contributed by atoms with Crippen molar-refractivity contribution >= 4 is 38.9 Å². The fraction of sp³-hybridized carbons (Fsp3) is 0. The largest absolute Gasteiger partial charge is 0.270 e. The molecule has 0 aliphatic heterocycles. The predicted molar refractivity (Wildman–Crippen MR) is 87.4 cm³/mol. The van der Waals surface area contributed by atoms with E-state index in [4.69, 9.17) is 11.6 Å². The van der Waals surface area contributed by atoms with E-state index in [1.807, 2.05) is 0 Å². The van der Waals surface area contributed by atoms with Gasteiger partial charge >= 0.3 is 0 Å². The van der Waals surface area contributed by atoms with Crippen molar-refractivity contribution < 1.29 is 13.3 Å². The molecule has 1 aromatic heterocycles. The molecule has 2 aromatic carbocycles. The van der Waals surface area contributed by atoms with Crippen LogP contribution in [-0.4, -0.2) is 18.3 Å². The first kappa shape index (κ1) is 15.4. The number of hydrogen-bond acceptors (Lipinski definition) is 5. The first-order valence-electron chi connectivity index (χ1n) is 6.45. The van der Waals surface area contributed by atoms with Crippen molar-refractivity contribution in [1.29, 1.82) is 0 Å². The Morgan fingerprint density at radius 3 is 2.35 bits per heavy atom. The Balaban J connectivity index is 2.12. The van der Waals surface area contributed by atoms with Crippen LogP contribution in [0.15, 0.2) is 53.4 Å². The van der Waals surface area contributed by atoms with Gasteiger partial charge in [-0.2, -0.15) is 0 Å². The Labute approximate surface area is 137 Å². The summed E-state index contributed by atoms with van der Waals surface area (Å²) in [6, 6.07) is 12.1. The molecule has 1 heterocycles. The van der Waals surface area contributed by atoms with Gasteiger partial charge < -0.3 is 0 Å². The third-order valence-electron chi connectivity index (χ3n) is 3.33. The van der Waals surface area contributed by atoms with Crippen LogP contribution >= 0.6 is 11.6 Å². The molecule has 0 saturated heterocycles. The number of non-ortho nitro benzene ring substituents is 1. The molecular weight excluding hydrogens is 340 g/mol. The van der Waals surface area contributed by atoms with Crippen LogP contribution in [0.1, 0.15) is 0 Å². The highest BCUT2D eigenvalue weighted by atomic mass is 35.5. The van der Waals surface area contributed by atoms with Crippen LogP contribution in [-0.2, 0) is 10.7 Å². The number of pyridine rings is 1. The maximum atomic E-state index is 10.9. The van der Waals surface area contributed by atoms with Crippen molar-refractivity contribution in [3.63, 3.8) is 0 Å². The van der Waals surface area contributed by atoms with Gasteiger partial charge in [-0.05, 0) is 24.3 Å². The van der Waals surface area contributed by atoms with Crippen molar-refractivity contribution in [2.24, 2.45) is 0 Å². The van der Waals surface area contributed by atoms with Gasteiger partial charge in [0.25, 0.3) is 5.69 Å². The summed E-state index contributed by atoms with van der Waals surface area (Å²) in [5.74, 6) is 0. The molecule has 0 spiro atoms. The van der Waals surface area contributed by atoms with Gasteiger partial charge in [0.05, 0.1) is 26.1 Å². The van der Waals surface area contributed by atoms with E-state index in [-0.39, 0.29) is 10.6 Å². The summed E-state index contributed by atoms with van der Waals surface area (Å²) in [6.07, 6.45) is 0. The molecule has 0 amide bonds. The molecule has 3 rings (SSSR count). The average Bonchev–Trinajstić information content (AvgIpc) is 2.54. The first-order valence-corrected chi connectivity index (χ1v) is 8.01. The zero-order valence-corrected chi connectivity index (χ0v) is 13.1. The lowest BCUT2D eigenvalue weighted by Crippen LogP contribution is -1.91. The fourth-order valence-electron chi connectivity index (χ4n) is 2.19. The van der Waals surface area contributed by atoms with Crippen LogP contribution in [0, 0.1) is 10.1 Å². The number of nitro benzene ring substituents is 1. The zero-order chi connectivity index (χ0) is 16.6. The normalized spacial score (nSPS) is 11.0. The molecule has 116 valence electrons. The molecule has 8 heteroatoms. The second-order valence-electron chi connectivity index (χ2n) is 4.75. The smallest absolute Gasteiger partial charge is 0.258 e. The van der Waals surface area contributed by atoms with Crippen LogP contribution < -0.4 is 0 Å². The van der Waals surface area contributed by atoms with E-state index in [0.717, 1.165) is 0 Å². The molecule has 23 heavy (non-hydrogen) atoms. The van der Waals surface area contributed by atoms with Gasteiger partial charge in [-0.3, -0.25) is 10.1 Å². The van der Waals surface area contributed by atoms with Crippen molar-refractivity contribution in [2.45, 2.75) is 4.90 Å².